The first kappa shape index (κ1) is 19.8. The van der Waals surface area contributed by atoms with E-state index in [1.165, 1.54) is 5.56 Å². The van der Waals surface area contributed by atoms with Gasteiger partial charge in [-0.3, -0.25) is 4.79 Å². The summed E-state index contributed by atoms with van der Waals surface area (Å²) in [6, 6.07) is 17.4. The molecule has 0 atom stereocenters. The van der Waals surface area contributed by atoms with Crippen molar-refractivity contribution in [2.24, 2.45) is 0 Å². The van der Waals surface area contributed by atoms with E-state index in [1.54, 1.807) is 6.07 Å². The molecule has 0 saturated heterocycles. The van der Waals surface area contributed by atoms with Gasteiger partial charge in [-0.25, -0.2) is 4.39 Å². The Labute approximate surface area is 181 Å². The highest BCUT2D eigenvalue weighted by Gasteiger charge is 2.51. The van der Waals surface area contributed by atoms with Gasteiger partial charge in [-0.2, -0.15) is 0 Å². The van der Waals surface area contributed by atoms with Gasteiger partial charge in [0, 0.05) is 6.42 Å². The molecule has 1 heterocycles. The quantitative estimate of drug-likeness (QED) is 0.499. The fraction of sp³-hybridized carbons (Fsp3) is 0.296. The molecular formula is C27H25FO3. The molecule has 31 heavy (non-hydrogen) atoms. The first-order valence-electron chi connectivity index (χ1n) is 10.8. The van der Waals surface area contributed by atoms with Crippen LogP contribution in [0, 0.1) is 12.7 Å². The maximum atomic E-state index is 14.9. The van der Waals surface area contributed by atoms with E-state index in [4.69, 9.17) is 9.47 Å². The SMILES string of the molecule is CCc1cccc(-c2cc(CC(=O)C3(c4ccc5c(c4)OCO5)CC3)c(F)cc2C)c1. The van der Waals surface area contributed by atoms with Crippen molar-refractivity contribution in [3.8, 4) is 22.6 Å². The zero-order valence-electron chi connectivity index (χ0n) is 17.8. The second-order valence-corrected chi connectivity index (χ2v) is 8.56. The Morgan fingerprint density at radius 3 is 2.61 bits per heavy atom. The number of fused-ring (bicyclic) bond motifs is 1. The molecule has 2 aliphatic rings. The Kier molecular flexibility index (Phi) is 4.81. The van der Waals surface area contributed by atoms with Crippen LogP contribution in [-0.2, 0) is 23.1 Å². The van der Waals surface area contributed by atoms with Crippen molar-refractivity contribution in [2.45, 2.75) is 44.9 Å². The summed E-state index contributed by atoms with van der Waals surface area (Å²) >= 11 is 0. The third kappa shape index (κ3) is 3.50. The van der Waals surface area contributed by atoms with Crippen molar-refractivity contribution >= 4 is 5.78 Å². The molecule has 158 valence electrons. The fourth-order valence-corrected chi connectivity index (χ4v) is 4.51. The highest BCUT2D eigenvalue weighted by Crippen LogP contribution is 2.51. The minimum Gasteiger partial charge on any atom is -0.454 e. The molecule has 5 rings (SSSR count). The lowest BCUT2D eigenvalue weighted by Gasteiger charge is -2.17. The van der Waals surface area contributed by atoms with Crippen LogP contribution in [0.1, 0.15) is 42.0 Å². The number of rotatable bonds is 6. The molecule has 1 saturated carbocycles. The van der Waals surface area contributed by atoms with Gasteiger partial charge in [0.1, 0.15) is 11.6 Å². The standard InChI is InChI=1S/C27H25FO3/c1-3-18-5-4-6-19(12-18)22-13-20(23(28)11-17(22)2)14-26(29)27(9-10-27)21-7-8-24-25(15-21)31-16-30-24/h4-8,11-13,15H,3,9-10,14,16H2,1-2H3. The van der Waals surface area contributed by atoms with E-state index in [0.29, 0.717) is 17.1 Å². The predicted octanol–water partition coefficient (Wildman–Crippen LogP) is 5.94. The molecule has 0 N–H and O–H groups in total. The van der Waals surface area contributed by atoms with Crippen molar-refractivity contribution in [1.29, 1.82) is 0 Å². The van der Waals surface area contributed by atoms with Crippen LogP contribution in [0.5, 0.6) is 11.5 Å². The number of hydrogen-bond donors (Lipinski definition) is 0. The summed E-state index contributed by atoms with van der Waals surface area (Å²) in [6.45, 7) is 4.24. The first-order chi connectivity index (χ1) is 15.0. The highest BCUT2D eigenvalue weighted by molar-refractivity contribution is 5.95. The Balaban J connectivity index is 1.45. The minimum atomic E-state index is -0.541. The average Bonchev–Trinajstić information content (AvgIpc) is 3.46. The van der Waals surface area contributed by atoms with Gasteiger partial charge in [-0.05, 0) is 83.8 Å². The Morgan fingerprint density at radius 2 is 1.84 bits per heavy atom. The van der Waals surface area contributed by atoms with E-state index in [9.17, 15) is 9.18 Å². The summed E-state index contributed by atoms with van der Waals surface area (Å²) in [5, 5.41) is 0. The summed E-state index contributed by atoms with van der Waals surface area (Å²) in [5.41, 5.74) is 5.00. The number of aryl methyl sites for hydroxylation is 2. The molecular weight excluding hydrogens is 391 g/mol. The molecule has 0 unspecified atom stereocenters. The topological polar surface area (TPSA) is 35.5 Å². The van der Waals surface area contributed by atoms with Gasteiger partial charge in [0.2, 0.25) is 6.79 Å². The maximum Gasteiger partial charge on any atom is 0.231 e. The van der Waals surface area contributed by atoms with Crippen LogP contribution in [0.25, 0.3) is 11.1 Å². The molecule has 0 amide bonds. The van der Waals surface area contributed by atoms with Crippen molar-refractivity contribution < 1.29 is 18.7 Å². The van der Waals surface area contributed by atoms with Crippen LogP contribution in [0.15, 0.2) is 54.6 Å². The van der Waals surface area contributed by atoms with Gasteiger partial charge in [0.15, 0.2) is 11.5 Å². The summed E-state index contributed by atoms with van der Waals surface area (Å²) in [4.78, 5) is 13.3. The normalized spacial score (nSPS) is 15.7. The molecule has 4 heteroatoms. The van der Waals surface area contributed by atoms with Crippen LogP contribution in [0.2, 0.25) is 0 Å². The van der Waals surface area contributed by atoms with Crippen LogP contribution in [-0.4, -0.2) is 12.6 Å². The lowest BCUT2D eigenvalue weighted by Crippen LogP contribution is -2.23. The van der Waals surface area contributed by atoms with Crippen molar-refractivity contribution in [1.82, 2.24) is 0 Å². The average molecular weight is 416 g/mol. The molecule has 0 spiro atoms. The lowest BCUT2D eigenvalue weighted by molar-refractivity contribution is -0.120. The number of carbonyl (C=O) groups excluding carboxylic acids is 1. The maximum absolute atomic E-state index is 14.9. The number of Topliss-reactive ketones (excluding diaryl/α,β-unsaturated/α-hetero) is 1. The second-order valence-electron chi connectivity index (χ2n) is 8.56. The number of ketones is 1. The number of hydrogen-bond acceptors (Lipinski definition) is 3. The van der Waals surface area contributed by atoms with E-state index in [0.717, 1.165) is 41.5 Å². The summed E-state index contributed by atoms with van der Waals surface area (Å²) in [5.74, 6) is 1.12. The van der Waals surface area contributed by atoms with E-state index >= 15 is 0 Å². The van der Waals surface area contributed by atoms with Gasteiger partial charge in [0.05, 0.1) is 5.41 Å². The van der Waals surface area contributed by atoms with Gasteiger partial charge < -0.3 is 9.47 Å². The van der Waals surface area contributed by atoms with Crippen molar-refractivity contribution in [2.75, 3.05) is 6.79 Å². The predicted molar refractivity (Wildman–Crippen MR) is 118 cm³/mol. The zero-order valence-corrected chi connectivity index (χ0v) is 17.8. The molecule has 3 aromatic carbocycles. The summed E-state index contributed by atoms with van der Waals surface area (Å²) in [7, 11) is 0. The van der Waals surface area contributed by atoms with Gasteiger partial charge in [0.25, 0.3) is 0 Å². The van der Waals surface area contributed by atoms with E-state index < -0.39 is 5.41 Å². The number of carbonyl (C=O) groups is 1. The van der Waals surface area contributed by atoms with Gasteiger partial charge in [-0.15, -0.1) is 0 Å². The second kappa shape index (κ2) is 7.52. The Hall–Kier alpha value is -3.14. The van der Waals surface area contributed by atoms with Crippen LogP contribution in [0.3, 0.4) is 0 Å². The van der Waals surface area contributed by atoms with Gasteiger partial charge >= 0.3 is 0 Å². The molecule has 3 nitrogen and oxygen atoms in total. The summed E-state index contributed by atoms with van der Waals surface area (Å²) < 4.78 is 25.7. The number of ether oxygens (including phenoxy) is 2. The monoisotopic (exact) mass is 416 g/mol. The van der Waals surface area contributed by atoms with Crippen molar-refractivity contribution in [3.63, 3.8) is 0 Å². The number of halogens is 1. The van der Waals surface area contributed by atoms with E-state index in [-0.39, 0.29) is 24.8 Å². The Morgan fingerprint density at radius 1 is 1.03 bits per heavy atom. The molecule has 0 bridgehead atoms. The molecule has 1 aliphatic heterocycles. The van der Waals surface area contributed by atoms with Gasteiger partial charge in [-0.1, -0.05) is 37.3 Å². The van der Waals surface area contributed by atoms with E-state index in [1.807, 2.05) is 43.3 Å². The smallest absolute Gasteiger partial charge is 0.231 e. The van der Waals surface area contributed by atoms with Crippen LogP contribution >= 0.6 is 0 Å². The summed E-state index contributed by atoms with van der Waals surface area (Å²) in [6.07, 6.45) is 2.59. The minimum absolute atomic E-state index is 0.0578. The van der Waals surface area contributed by atoms with Crippen molar-refractivity contribution in [3.05, 3.63) is 82.7 Å². The zero-order chi connectivity index (χ0) is 21.6. The molecule has 1 aliphatic carbocycles. The third-order valence-corrected chi connectivity index (χ3v) is 6.60. The van der Waals surface area contributed by atoms with Crippen LogP contribution < -0.4 is 9.47 Å². The van der Waals surface area contributed by atoms with E-state index in [2.05, 4.69) is 19.1 Å². The third-order valence-electron chi connectivity index (χ3n) is 6.60. The fourth-order valence-electron chi connectivity index (χ4n) is 4.51. The highest BCUT2D eigenvalue weighted by atomic mass is 19.1. The Bertz CT molecular complexity index is 1180. The first-order valence-corrected chi connectivity index (χ1v) is 10.8. The number of benzene rings is 3. The molecule has 3 aromatic rings. The molecule has 0 radical (unpaired) electrons. The largest absolute Gasteiger partial charge is 0.454 e. The molecule has 0 aromatic heterocycles. The molecule has 1 fully saturated rings. The lowest BCUT2D eigenvalue weighted by atomic mass is 9.86. The van der Waals surface area contributed by atoms with Crippen LogP contribution in [0.4, 0.5) is 4.39 Å².